The summed E-state index contributed by atoms with van der Waals surface area (Å²) in [5, 5.41) is 22.0. The van der Waals surface area contributed by atoms with Crippen LogP contribution in [0, 0.1) is 5.41 Å². The predicted octanol–water partition coefficient (Wildman–Crippen LogP) is 5.77. The molecule has 2 aromatic heterocycles. The molecule has 0 amide bonds. The number of halogens is 1. The maximum absolute atomic E-state index is 10.7. The van der Waals surface area contributed by atoms with E-state index in [2.05, 4.69) is 30.9 Å². The van der Waals surface area contributed by atoms with Crippen molar-refractivity contribution in [3.63, 3.8) is 0 Å². The van der Waals surface area contributed by atoms with Crippen LogP contribution >= 0.6 is 27.3 Å². The maximum atomic E-state index is 10.7. The van der Waals surface area contributed by atoms with Gasteiger partial charge in [0.25, 0.3) is 0 Å². The number of hydrogen-bond donors (Lipinski definition) is 3. The molecule has 3 heterocycles. The molecule has 0 saturated carbocycles. The first-order valence-electron chi connectivity index (χ1n) is 9.45. The Kier molecular flexibility index (Phi) is 4.67. The highest BCUT2D eigenvalue weighted by Crippen LogP contribution is 2.35. The van der Waals surface area contributed by atoms with Gasteiger partial charge in [-0.25, -0.2) is 9.97 Å². The van der Waals surface area contributed by atoms with Crippen LogP contribution in [-0.2, 0) is 0 Å². The molecule has 6 nitrogen and oxygen atoms in total. The summed E-state index contributed by atoms with van der Waals surface area (Å²) in [5.74, 6) is 1.20. The lowest BCUT2D eigenvalue weighted by molar-refractivity contribution is 0.304. The van der Waals surface area contributed by atoms with Crippen LogP contribution in [0.1, 0.15) is 23.8 Å². The van der Waals surface area contributed by atoms with E-state index in [0.717, 1.165) is 32.6 Å². The molecule has 0 fully saturated rings. The van der Waals surface area contributed by atoms with Gasteiger partial charge in [-0.15, -0.1) is 11.3 Å². The van der Waals surface area contributed by atoms with Crippen LogP contribution in [0.4, 0.5) is 0 Å². The van der Waals surface area contributed by atoms with Crippen LogP contribution in [0.2, 0.25) is 0 Å². The Bertz CT molecular complexity index is 1260. The van der Waals surface area contributed by atoms with Gasteiger partial charge < -0.3 is 15.0 Å². The monoisotopic (exact) mass is 479 g/mol. The van der Waals surface area contributed by atoms with Crippen LogP contribution in [0.5, 0.6) is 0 Å². The number of hydrogen-bond acceptors (Lipinski definition) is 5. The molecule has 1 aliphatic heterocycles. The molecular weight excluding hydrogens is 462 g/mol. The van der Waals surface area contributed by atoms with E-state index in [-0.39, 0.29) is 24.2 Å². The van der Waals surface area contributed by atoms with Crippen molar-refractivity contribution in [1.29, 1.82) is 5.41 Å². The zero-order chi connectivity index (χ0) is 20.8. The minimum atomic E-state index is -0.185. The molecule has 2 aromatic carbocycles. The van der Waals surface area contributed by atoms with E-state index in [1.165, 1.54) is 11.3 Å². The number of rotatable bonds is 4. The number of aromatic nitrogens is 3. The highest BCUT2D eigenvalue weighted by molar-refractivity contribution is 9.10. The summed E-state index contributed by atoms with van der Waals surface area (Å²) in [6, 6.07) is 15.6. The maximum Gasteiger partial charge on any atom is 0.135 e. The van der Waals surface area contributed by atoms with Crippen molar-refractivity contribution in [2.45, 2.75) is 13.0 Å². The van der Waals surface area contributed by atoms with E-state index < -0.39 is 0 Å². The van der Waals surface area contributed by atoms with Gasteiger partial charge >= 0.3 is 0 Å². The number of nitrogens with zero attached hydrogens (tertiary/aromatic N) is 3. The number of aromatic amines is 1. The van der Waals surface area contributed by atoms with E-state index in [0.29, 0.717) is 10.6 Å². The molecule has 0 radical (unpaired) electrons. The van der Waals surface area contributed by atoms with Crippen molar-refractivity contribution in [3.8, 4) is 11.3 Å². The molecule has 30 heavy (non-hydrogen) atoms. The quantitative estimate of drug-likeness (QED) is 0.346. The van der Waals surface area contributed by atoms with E-state index in [9.17, 15) is 5.11 Å². The SMILES string of the molecule is C[C@@H](c1nc2ccccc2[nH]1)N1CC(O)=C(c2nc(-c3ccc(Br)cc3)cs2)C1=N. The van der Waals surface area contributed by atoms with Gasteiger partial charge in [0, 0.05) is 15.4 Å². The molecule has 0 unspecified atom stereocenters. The van der Waals surface area contributed by atoms with Gasteiger partial charge in [0.2, 0.25) is 0 Å². The number of nitrogens with one attached hydrogen (secondary N) is 2. The van der Waals surface area contributed by atoms with Gasteiger partial charge in [0.15, 0.2) is 0 Å². The van der Waals surface area contributed by atoms with Crippen molar-refractivity contribution in [1.82, 2.24) is 19.9 Å². The first kappa shape index (κ1) is 19.0. The number of aliphatic hydroxyl groups excluding tert-OH is 1. The molecule has 150 valence electrons. The standard InChI is InChI=1S/C22H18BrN5OS/c1-12(21-25-15-4-2-3-5-16(15)26-21)28-10-18(29)19(20(28)24)22-27-17(11-30-22)13-6-8-14(23)9-7-13/h2-9,11-12,24,29H,10H2,1H3,(H,25,26)/t12-/m0/s1. The molecular formula is C22H18BrN5OS. The highest BCUT2D eigenvalue weighted by atomic mass is 79.9. The van der Waals surface area contributed by atoms with Crippen LogP contribution in [0.3, 0.4) is 0 Å². The average molecular weight is 480 g/mol. The fourth-order valence-corrected chi connectivity index (χ4v) is 4.77. The van der Waals surface area contributed by atoms with Crippen LogP contribution in [-0.4, -0.2) is 37.3 Å². The van der Waals surface area contributed by atoms with E-state index in [1.54, 1.807) is 0 Å². The van der Waals surface area contributed by atoms with Gasteiger partial charge in [-0.05, 0) is 31.2 Å². The van der Waals surface area contributed by atoms with Crippen LogP contribution < -0.4 is 0 Å². The summed E-state index contributed by atoms with van der Waals surface area (Å²) in [5.41, 5.74) is 4.17. The second kappa shape index (κ2) is 7.37. The predicted molar refractivity (Wildman–Crippen MR) is 124 cm³/mol. The number of fused-ring (bicyclic) bond motifs is 1. The Morgan fingerprint density at radius 2 is 1.93 bits per heavy atom. The van der Waals surface area contributed by atoms with Crippen molar-refractivity contribution in [2.75, 3.05) is 6.54 Å². The largest absolute Gasteiger partial charge is 0.510 e. The van der Waals surface area contributed by atoms with Crippen molar-refractivity contribution in [3.05, 3.63) is 75.0 Å². The Balaban J connectivity index is 1.42. The number of aliphatic hydroxyl groups is 1. The number of imidazole rings is 1. The Morgan fingerprint density at radius 3 is 2.70 bits per heavy atom. The van der Waals surface area contributed by atoms with Gasteiger partial charge in [-0.2, -0.15) is 0 Å². The van der Waals surface area contributed by atoms with Gasteiger partial charge in [0.1, 0.15) is 22.4 Å². The number of para-hydroxylation sites is 2. The smallest absolute Gasteiger partial charge is 0.135 e. The number of amidine groups is 1. The highest BCUT2D eigenvalue weighted by Gasteiger charge is 2.34. The first-order valence-corrected chi connectivity index (χ1v) is 11.1. The molecule has 0 aliphatic carbocycles. The van der Waals surface area contributed by atoms with Crippen molar-refractivity contribution >= 4 is 49.7 Å². The minimum Gasteiger partial charge on any atom is -0.510 e. The van der Waals surface area contributed by atoms with Crippen LogP contribution in [0.25, 0.3) is 27.9 Å². The third-order valence-corrected chi connectivity index (χ3v) is 6.65. The average Bonchev–Trinajstić information content (AvgIpc) is 3.45. The zero-order valence-corrected chi connectivity index (χ0v) is 18.5. The van der Waals surface area contributed by atoms with E-state index >= 15 is 0 Å². The van der Waals surface area contributed by atoms with E-state index in [1.807, 2.05) is 65.7 Å². The van der Waals surface area contributed by atoms with Crippen LogP contribution in [0.15, 0.2) is 64.1 Å². The molecule has 0 bridgehead atoms. The van der Waals surface area contributed by atoms with Crippen molar-refractivity contribution < 1.29 is 5.11 Å². The van der Waals surface area contributed by atoms with Crippen molar-refractivity contribution in [2.24, 2.45) is 0 Å². The molecule has 0 saturated heterocycles. The zero-order valence-electron chi connectivity index (χ0n) is 16.1. The number of thiazole rings is 1. The second-order valence-corrected chi connectivity index (χ2v) is 8.93. The van der Waals surface area contributed by atoms with E-state index in [4.69, 9.17) is 5.41 Å². The molecule has 0 spiro atoms. The van der Waals surface area contributed by atoms with Gasteiger partial charge in [-0.1, -0.05) is 40.2 Å². The summed E-state index contributed by atoms with van der Waals surface area (Å²) in [6.45, 7) is 2.25. The topological polar surface area (TPSA) is 88.9 Å². The lowest BCUT2D eigenvalue weighted by Crippen LogP contribution is -2.30. The lowest BCUT2D eigenvalue weighted by Gasteiger charge is -2.24. The fraction of sp³-hybridized carbons (Fsp3) is 0.136. The summed E-state index contributed by atoms with van der Waals surface area (Å²) in [7, 11) is 0. The third kappa shape index (κ3) is 3.22. The number of H-pyrrole nitrogens is 1. The summed E-state index contributed by atoms with van der Waals surface area (Å²) in [6.07, 6.45) is 0. The molecule has 8 heteroatoms. The Hall–Kier alpha value is -2.97. The third-order valence-electron chi connectivity index (χ3n) is 5.26. The fourth-order valence-electron chi connectivity index (χ4n) is 3.61. The summed E-state index contributed by atoms with van der Waals surface area (Å²) < 4.78 is 1.01. The molecule has 1 atom stereocenters. The van der Waals surface area contributed by atoms with Gasteiger partial charge in [-0.3, -0.25) is 5.41 Å². The molecule has 5 rings (SSSR count). The second-order valence-electron chi connectivity index (χ2n) is 7.16. The van der Waals surface area contributed by atoms with Gasteiger partial charge in [0.05, 0.1) is 34.9 Å². The first-order chi connectivity index (χ1) is 14.5. The summed E-state index contributed by atoms with van der Waals surface area (Å²) >= 11 is 4.88. The molecule has 3 N–H and O–H groups in total. The Labute approximate surface area is 185 Å². The lowest BCUT2D eigenvalue weighted by atomic mass is 10.2. The Morgan fingerprint density at radius 1 is 1.17 bits per heavy atom. The molecule has 4 aromatic rings. The molecule has 1 aliphatic rings. The minimum absolute atomic E-state index is 0.166. The number of benzene rings is 2. The normalized spacial score (nSPS) is 15.4. The summed E-state index contributed by atoms with van der Waals surface area (Å²) in [4.78, 5) is 14.5.